The molecule has 1 rings (SSSR count). The fourth-order valence-corrected chi connectivity index (χ4v) is 2.27. The number of hydrogen-bond acceptors (Lipinski definition) is 3. The standard InChI is InChI=1S/C10H16N2OS/c1-9-4-2-3-6-12(9)10(13)8-14-7-5-11/h9H,2-4,6-8H2,1H3. The van der Waals surface area contributed by atoms with Crippen molar-refractivity contribution in [3.63, 3.8) is 0 Å². The van der Waals surface area contributed by atoms with E-state index in [9.17, 15) is 4.79 Å². The molecule has 1 heterocycles. The van der Waals surface area contributed by atoms with Crippen molar-refractivity contribution >= 4 is 17.7 Å². The molecule has 0 bridgehead atoms. The summed E-state index contributed by atoms with van der Waals surface area (Å²) in [5.74, 6) is 1.06. The van der Waals surface area contributed by atoms with Crippen LogP contribution < -0.4 is 0 Å². The number of hydrogen-bond donors (Lipinski definition) is 0. The van der Waals surface area contributed by atoms with E-state index in [2.05, 4.69) is 6.92 Å². The van der Waals surface area contributed by atoms with E-state index >= 15 is 0 Å². The Morgan fingerprint density at radius 2 is 2.43 bits per heavy atom. The Labute approximate surface area is 89.5 Å². The second-order valence-corrected chi connectivity index (χ2v) is 4.57. The average molecular weight is 212 g/mol. The third-order valence-electron chi connectivity index (χ3n) is 2.52. The molecule has 1 atom stereocenters. The first-order valence-corrected chi connectivity index (χ1v) is 6.15. The van der Waals surface area contributed by atoms with E-state index in [4.69, 9.17) is 5.26 Å². The maximum atomic E-state index is 11.7. The molecule has 0 saturated carbocycles. The number of likely N-dealkylation sites (tertiary alicyclic amines) is 1. The van der Waals surface area contributed by atoms with Crippen LogP contribution in [-0.4, -0.2) is 34.9 Å². The van der Waals surface area contributed by atoms with Crippen molar-refractivity contribution in [2.24, 2.45) is 0 Å². The first-order chi connectivity index (χ1) is 6.75. The lowest BCUT2D eigenvalue weighted by molar-refractivity contribution is -0.131. The lowest BCUT2D eigenvalue weighted by Crippen LogP contribution is -2.42. The highest BCUT2D eigenvalue weighted by Crippen LogP contribution is 2.17. The number of carbonyl (C=O) groups is 1. The molecule has 1 aliphatic rings. The SMILES string of the molecule is CC1CCCCN1C(=O)CSCC#N. The largest absolute Gasteiger partial charge is 0.339 e. The van der Waals surface area contributed by atoms with Crippen molar-refractivity contribution in [3.8, 4) is 6.07 Å². The van der Waals surface area contributed by atoms with Crippen LogP contribution in [0.2, 0.25) is 0 Å². The van der Waals surface area contributed by atoms with E-state index in [1.54, 1.807) is 0 Å². The molecule has 0 N–H and O–H groups in total. The number of rotatable bonds is 3. The summed E-state index contributed by atoms with van der Waals surface area (Å²) >= 11 is 1.40. The zero-order valence-electron chi connectivity index (χ0n) is 8.53. The predicted molar refractivity (Wildman–Crippen MR) is 58.0 cm³/mol. The van der Waals surface area contributed by atoms with E-state index in [0.717, 1.165) is 19.4 Å². The zero-order valence-corrected chi connectivity index (χ0v) is 9.35. The third kappa shape index (κ3) is 3.22. The Morgan fingerprint density at radius 3 is 3.07 bits per heavy atom. The Balaban J connectivity index is 2.31. The number of carbonyl (C=O) groups excluding carboxylic acids is 1. The summed E-state index contributed by atoms with van der Waals surface area (Å²) in [7, 11) is 0. The molecule has 0 aromatic rings. The number of amides is 1. The molecule has 78 valence electrons. The molecule has 0 spiro atoms. The zero-order chi connectivity index (χ0) is 10.4. The Bertz CT molecular complexity index is 237. The van der Waals surface area contributed by atoms with Gasteiger partial charge in [0.15, 0.2) is 0 Å². The highest BCUT2D eigenvalue weighted by Gasteiger charge is 2.22. The van der Waals surface area contributed by atoms with Gasteiger partial charge in [-0.3, -0.25) is 4.79 Å². The lowest BCUT2D eigenvalue weighted by Gasteiger charge is -2.33. The lowest BCUT2D eigenvalue weighted by atomic mass is 10.0. The molecule has 0 radical (unpaired) electrons. The summed E-state index contributed by atoms with van der Waals surface area (Å²) in [6.07, 6.45) is 3.48. The first-order valence-electron chi connectivity index (χ1n) is 5.00. The maximum Gasteiger partial charge on any atom is 0.232 e. The van der Waals surface area contributed by atoms with Crippen LogP contribution in [-0.2, 0) is 4.79 Å². The van der Waals surface area contributed by atoms with Crippen molar-refractivity contribution in [1.29, 1.82) is 5.26 Å². The molecule has 1 aliphatic heterocycles. The molecular formula is C10H16N2OS. The van der Waals surface area contributed by atoms with Gasteiger partial charge >= 0.3 is 0 Å². The second-order valence-electron chi connectivity index (χ2n) is 3.58. The molecule has 14 heavy (non-hydrogen) atoms. The Kier molecular flexibility index (Phi) is 4.81. The quantitative estimate of drug-likeness (QED) is 0.668. The van der Waals surface area contributed by atoms with Gasteiger partial charge in [0.05, 0.1) is 17.6 Å². The van der Waals surface area contributed by atoms with E-state index in [1.807, 2.05) is 11.0 Å². The minimum Gasteiger partial charge on any atom is -0.339 e. The highest BCUT2D eigenvalue weighted by molar-refractivity contribution is 8.00. The van der Waals surface area contributed by atoms with Gasteiger partial charge in [-0.15, -0.1) is 11.8 Å². The minimum atomic E-state index is 0.192. The van der Waals surface area contributed by atoms with Crippen molar-refractivity contribution in [3.05, 3.63) is 0 Å². The molecule has 1 fully saturated rings. The molecule has 1 amide bonds. The van der Waals surface area contributed by atoms with Crippen molar-refractivity contribution < 1.29 is 4.79 Å². The number of piperidine rings is 1. The summed E-state index contributed by atoms with van der Waals surface area (Å²) in [5, 5.41) is 8.35. The van der Waals surface area contributed by atoms with Gasteiger partial charge in [0, 0.05) is 12.6 Å². The summed E-state index contributed by atoms with van der Waals surface area (Å²) < 4.78 is 0. The average Bonchev–Trinajstić information content (AvgIpc) is 2.18. The van der Waals surface area contributed by atoms with E-state index in [0.29, 0.717) is 17.5 Å². The van der Waals surface area contributed by atoms with Crippen LogP contribution in [0, 0.1) is 11.3 Å². The van der Waals surface area contributed by atoms with E-state index in [-0.39, 0.29) is 5.91 Å². The van der Waals surface area contributed by atoms with E-state index < -0.39 is 0 Å². The van der Waals surface area contributed by atoms with Crippen molar-refractivity contribution in [1.82, 2.24) is 4.90 Å². The van der Waals surface area contributed by atoms with Gasteiger partial charge in [-0.25, -0.2) is 0 Å². The Morgan fingerprint density at radius 1 is 1.64 bits per heavy atom. The molecule has 3 nitrogen and oxygen atoms in total. The van der Waals surface area contributed by atoms with Gasteiger partial charge in [-0.05, 0) is 26.2 Å². The normalized spacial score (nSPS) is 21.7. The fourth-order valence-electron chi connectivity index (χ4n) is 1.74. The Hall–Kier alpha value is -0.690. The molecule has 0 aliphatic carbocycles. The van der Waals surface area contributed by atoms with Crippen LogP contribution in [0.25, 0.3) is 0 Å². The van der Waals surface area contributed by atoms with Gasteiger partial charge in [-0.1, -0.05) is 0 Å². The topological polar surface area (TPSA) is 44.1 Å². The minimum absolute atomic E-state index is 0.192. The smallest absolute Gasteiger partial charge is 0.232 e. The van der Waals surface area contributed by atoms with Gasteiger partial charge in [0.25, 0.3) is 0 Å². The van der Waals surface area contributed by atoms with Crippen LogP contribution in [0.5, 0.6) is 0 Å². The summed E-state index contributed by atoms with van der Waals surface area (Å²) in [4.78, 5) is 13.6. The molecule has 0 aromatic carbocycles. The maximum absolute atomic E-state index is 11.7. The van der Waals surface area contributed by atoms with Crippen LogP contribution in [0.4, 0.5) is 0 Å². The van der Waals surface area contributed by atoms with Gasteiger partial charge in [0.2, 0.25) is 5.91 Å². The van der Waals surface area contributed by atoms with Crippen LogP contribution >= 0.6 is 11.8 Å². The predicted octanol–water partition coefficient (Wildman–Crippen LogP) is 1.64. The van der Waals surface area contributed by atoms with Crippen molar-refractivity contribution in [2.75, 3.05) is 18.1 Å². The molecule has 1 unspecified atom stereocenters. The van der Waals surface area contributed by atoms with Gasteiger partial charge in [0.1, 0.15) is 0 Å². The highest BCUT2D eigenvalue weighted by atomic mass is 32.2. The van der Waals surface area contributed by atoms with Crippen LogP contribution in [0.1, 0.15) is 26.2 Å². The summed E-state index contributed by atoms with van der Waals surface area (Å²) in [6.45, 7) is 3.00. The number of nitriles is 1. The third-order valence-corrected chi connectivity index (χ3v) is 3.30. The fraction of sp³-hybridized carbons (Fsp3) is 0.800. The van der Waals surface area contributed by atoms with Gasteiger partial charge < -0.3 is 4.90 Å². The monoisotopic (exact) mass is 212 g/mol. The summed E-state index contributed by atoms with van der Waals surface area (Å²) in [5.41, 5.74) is 0. The van der Waals surface area contributed by atoms with Crippen LogP contribution in [0.3, 0.4) is 0 Å². The summed E-state index contributed by atoms with van der Waals surface area (Å²) in [6, 6.07) is 2.42. The molecular weight excluding hydrogens is 196 g/mol. The second kappa shape index (κ2) is 5.92. The molecule has 4 heteroatoms. The van der Waals surface area contributed by atoms with Crippen LogP contribution in [0.15, 0.2) is 0 Å². The first kappa shape index (κ1) is 11.4. The van der Waals surface area contributed by atoms with Gasteiger partial charge in [-0.2, -0.15) is 5.26 Å². The number of nitrogens with zero attached hydrogens (tertiary/aromatic N) is 2. The van der Waals surface area contributed by atoms with Crippen molar-refractivity contribution in [2.45, 2.75) is 32.2 Å². The number of thioether (sulfide) groups is 1. The molecule has 0 aromatic heterocycles. The molecule has 1 saturated heterocycles. The van der Waals surface area contributed by atoms with E-state index in [1.165, 1.54) is 18.2 Å².